The lowest BCUT2D eigenvalue weighted by atomic mass is 9.97. The number of benzene rings is 1. The maximum atomic E-state index is 12.2. The van der Waals surface area contributed by atoms with Gasteiger partial charge in [-0.25, -0.2) is 0 Å². The molecule has 1 saturated heterocycles. The minimum Gasteiger partial charge on any atom is -0.491 e. The first-order valence-corrected chi connectivity index (χ1v) is 9.35. The van der Waals surface area contributed by atoms with Gasteiger partial charge in [0.2, 0.25) is 0 Å². The third-order valence-corrected chi connectivity index (χ3v) is 4.84. The van der Waals surface area contributed by atoms with E-state index in [9.17, 15) is 9.90 Å². The maximum absolute atomic E-state index is 12.2. The largest absolute Gasteiger partial charge is 0.491 e. The Hall–Kier alpha value is -1.63. The fourth-order valence-corrected chi connectivity index (χ4v) is 3.52. The number of carboxylic acids is 1. The summed E-state index contributed by atoms with van der Waals surface area (Å²) in [6, 6.07) is 7.01. The Balaban J connectivity index is 2.23. The Morgan fingerprint density at radius 3 is 2.38 bits per heavy atom. The molecule has 6 nitrogen and oxygen atoms in total. The molecular weight excluding hydrogens is 332 g/mol. The third-order valence-electron chi connectivity index (χ3n) is 4.84. The van der Waals surface area contributed by atoms with E-state index in [4.69, 9.17) is 9.47 Å². The molecule has 1 aliphatic heterocycles. The highest BCUT2D eigenvalue weighted by molar-refractivity contribution is 5.75. The molecule has 0 radical (unpaired) electrons. The van der Waals surface area contributed by atoms with Crippen LogP contribution in [0.3, 0.4) is 0 Å². The number of methoxy groups -OCH3 is 1. The number of carbonyl (C=O) groups is 1. The number of hydrogen-bond donors (Lipinski definition) is 1. The Morgan fingerprint density at radius 2 is 1.88 bits per heavy atom. The van der Waals surface area contributed by atoms with Crippen LogP contribution in [0, 0.1) is 0 Å². The summed E-state index contributed by atoms with van der Waals surface area (Å²) in [6.45, 7) is 7.04. The molecule has 1 heterocycles. The first kappa shape index (κ1) is 20.7. The van der Waals surface area contributed by atoms with Crippen molar-refractivity contribution in [1.29, 1.82) is 0 Å². The number of piperidine rings is 1. The van der Waals surface area contributed by atoms with Crippen LogP contribution < -0.4 is 4.74 Å². The van der Waals surface area contributed by atoms with Gasteiger partial charge in [-0.15, -0.1) is 0 Å². The SMILES string of the molecule is COCCN(C1CCN(C)CC1)C(C(=O)O)c1ccc(OC(C)C)cc1. The lowest BCUT2D eigenvalue weighted by Crippen LogP contribution is -2.48. The topological polar surface area (TPSA) is 62.2 Å². The Kier molecular flexibility index (Phi) is 7.87. The molecule has 26 heavy (non-hydrogen) atoms. The van der Waals surface area contributed by atoms with E-state index >= 15 is 0 Å². The van der Waals surface area contributed by atoms with Crippen molar-refractivity contribution in [2.45, 2.75) is 44.9 Å². The second-order valence-electron chi connectivity index (χ2n) is 7.24. The fraction of sp³-hybridized carbons (Fsp3) is 0.650. The highest BCUT2D eigenvalue weighted by Gasteiger charge is 2.34. The van der Waals surface area contributed by atoms with E-state index in [1.54, 1.807) is 7.11 Å². The molecule has 0 aromatic heterocycles. The molecular formula is C20H32N2O4. The van der Waals surface area contributed by atoms with Crippen molar-refractivity contribution in [2.75, 3.05) is 40.4 Å². The zero-order chi connectivity index (χ0) is 19.1. The van der Waals surface area contributed by atoms with Gasteiger partial charge < -0.3 is 19.5 Å². The molecule has 1 unspecified atom stereocenters. The summed E-state index contributed by atoms with van der Waals surface area (Å²) >= 11 is 0. The average Bonchev–Trinajstić information content (AvgIpc) is 2.60. The molecule has 1 N–H and O–H groups in total. The number of hydrogen-bond acceptors (Lipinski definition) is 5. The van der Waals surface area contributed by atoms with Gasteiger partial charge in [-0.3, -0.25) is 9.69 Å². The molecule has 0 spiro atoms. The number of carboxylic acid groups (broad SMARTS) is 1. The predicted octanol–water partition coefficient (Wildman–Crippen LogP) is 2.64. The van der Waals surface area contributed by atoms with Crippen LogP contribution >= 0.6 is 0 Å². The molecule has 146 valence electrons. The summed E-state index contributed by atoms with van der Waals surface area (Å²) in [4.78, 5) is 16.5. The van der Waals surface area contributed by atoms with Gasteiger partial charge in [0.1, 0.15) is 11.8 Å². The van der Waals surface area contributed by atoms with Crippen LogP contribution in [0.2, 0.25) is 0 Å². The zero-order valence-electron chi connectivity index (χ0n) is 16.4. The van der Waals surface area contributed by atoms with Crippen molar-refractivity contribution in [3.8, 4) is 5.75 Å². The van der Waals surface area contributed by atoms with Gasteiger partial charge in [0.25, 0.3) is 0 Å². The van der Waals surface area contributed by atoms with Crippen molar-refractivity contribution in [1.82, 2.24) is 9.80 Å². The smallest absolute Gasteiger partial charge is 0.325 e. The molecule has 0 bridgehead atoms. The maximum Gasteiger partial charge on any atom is 0.325 e. The van der Waals surface area contributed by atoms with Crippen LogP contribution in [0.5, 0.6) is 5.75 Å². The van der Waals surface area contributed by atoms with Crippen LogP contribution in [-0.2, 0) is 9.53 Å². The van der Waals surface area contributed by atoms with Crippen LogP contribution in [-0.4, -0.2) is 73.4 Å². The number of rotatable bonds is 9. The standard InChI is InChI=1S/C20H32N2O4/c1-15(2)26-18-7-5-16(6-8-18)19(20(23)24)22(13-14-25-4)17-9-11-21(3)12-10-17/h5-8,15,17,19H,9-14H2,1-4H3,(H,23,24). The fourth-order valence-electron chi connectivity index (χ4n) is 3.52. The van der Waals surface area contributed by atoms with Crippen molar-refractivity contribution in [2.24, 2.45) is 0 Å². The van der Waals surface area contributed by atoms with E-state index in [1.807, 2.05) is 38.1 Å². The zero-order valence-corrected chi connectivity index (χ0v) is 16.4. The molecule has 1 aromatic carbocycles. The van der Waals surface area contributed by atoms with E-state index in [1.165, 1.54) is 0 Å². The number of likely N-dealkylation sites (tertiary alicyclic amines) is 1. The van der Waals surface area contributed by atoms with Gasteiger partial charge in [0, 0.05) is 19.7 Å². The first-order valence-electron chi connectivity index (χ1n) is 9.35. The summed E-state index contributed by atoms with van der Waals surface area (Å²) in [6.07, 6.45) is 2.03. The monoisotopic (exact) mass is 364 g/mol. The van der Waals surface area contributed by atoms with Gasteiger partial charge in [-0.2, -0.15) is 0 Å². The molecule has 0 saturated carbocycles. The van der Waals surface area contributed by atoms with Gasteiger partial charge >= 0.3 is 5.97 Å². The number of nitrogens with zero attached hydrogens (tertiary/aromatic N) is 2. The van der Waals surface area contributed by atoms with Crippen molar-refractivity contribution >= 4 is 5.97 Å². The molecule has 1 fully saturated rings. The molecule has 1 atom stereocenters. The summed E-state index contributed by atoms with van der Waals surface area (Å²) in [5.74, 6) is -0.0619. The minimum atomic E-state index is -0.822. The molecule has 1 aromatic rings. The van der Waals surface area contributed by atoms with Crippen LogP contribution in [0.25, 0.3) is 0 Å². The molecule has 0 aliphatic carbocycles. The summed E-state index contributed by atoms with van der Waals surface area (Å²) in [7, 11) is 3.76. The van der Waals surface area contributed by atoms with Crippen molar-refractivity contribution in [3.63, 3.8) is 0 Å². The normalized spacial score (nSPS) is 17.6. The van der Waals surface area contributed by atoms with Crippen molar-refractivity contribution < 1.29 is 19.4 Å². The highest BCUT2D eigenvalue weighted by atomic mass is 16.5. The predicted molar refractivity (Wildman–Crippen MR) is 102 cm³/mol. The van der Waals surface area contributed by atoms with E-state index < -0.39 is 12.0 Å². The molecule has 0 amide bonds. The Morgan fingerprint density at radius 1 is 1.27 bits per heavy atom. The lowest BCUT2D eigenvalue weighted by Gasteiger charge is -2.40. The first-order chi connectivity index (χ1) is 12.4. The second-order valence-corrected chi connectivity index (χ2v) is 7.24. The minimum absolute atomic E-state index is 0.0913. The number of ether oxygens (including phenoxy) is 2. The van der Waals surface area contributed by atoms with Gasteiger partial charge in [0.15, 0.2) is 0 Å². The van der Waals surface area contributed by atoms with Gasteiger partial charge in [-0.05, 0) is 64.5 Å². The molecule has 1 aliphatic rings. The van der Waals surface area contributed by atoms with Crippen molar-refractivity contribution in [3.05, 3.63) is 29.8 Å². The second kappa shape index (κ2) is 9.90. The van der Waals surface area contributed by atoms with Crippen LogP contribution in [0.15, 0.2) is 24.3 Å². The quantitative estimate of drug-likeness (QED) is 0.727. The van der Waals surface area contributed by atoms with Gasteiger partial charge in [-0.1, -0.05) is 12.1 Å². The summed E-state index contributed by atoms with van der Waals surface area (Å²) < 4.78 is 10.9. The van der Waals surface area contributed by atoms with Crippen LogP contribution in [0.1, 0.15) is 38.3 Å². The summed E-state index contributed by atoms with van der Waals surface area (Å²) in [5, 5.41) is 9.97. The van der Waals surface area contributed by atoms with Crippen LogP contribution in [0.4, 0.5) is 0 Å². The van der Waals surface area contributed by atoms with E-state index in [2.05, 4.69) is 16.8 Å². The molecule has 2 rings (SSSR count). The van der Waals surface area contributed by atoms with E-state index in [0.29, 0.717) is 13.2 Å². The third kappa shape index (κ3) is 5.69. The molecule has 6 heteroatoms. The van der Waals surface area contributed by atoms with Gasteiger partial charge in [0.05, 0.1) is 12.7 Å². The van der Waals surface area contributed by atoms with E-state index in [0.717, 1.165) is 37.2 Å². The van der Waals surface area contributed by atoms with E-state index in [-0.39, 0.29) is 12.1 Å². The highest BCUT2D eigenvalue weighted by Crippen LogP contribution is 2.29. The summed E-state index contributed by atoms with van der Waals surface area (Å²) in [5.41, 5.74) is 0.781. The average molecular weight is 364 g/mol. The number of aliphatic carboxylic acids is 1. The lowest BCUT2D eigenvalue weighted by molar-refractivity contribution is -0.145. The Bertz CT molecular complexity index is 553. The Labute approximate surface area is 156 Å².